The molecule has 0 saturated carbocycles. The van der Waals surface area contributed by atoms with E-state index in [9.17, 15) is 0 Å². The van der Waals surface area contributed by atoms with Crippen molar-refractivity contribution in [3.63, 3.8) is 0 Å². The second-order valence-corrected chi connectivity index (χ2v) is 3.67. The largest absolute Gasteiger partial charge is 0.438 e. The summed E-state index contributed by atoms with van der Waals surface area (Å²) >= 11 is 11.8. The fourth-order valence-corrected chi connectivity index (χ4v) is 0.948. The first-order valence-corrected chi connectivity index (χ1v) is 5.11. The van der Waals surface area contributed by atoms with Crippen LogP contribution in [-0.4, -0.2) is 15.6 Å². The number of pyridine rings is 1. The van der Waals surface area contributed by atoms with E-state index >= 15 is 0 Å². The molecule has 5 heteroatoms. The van der Waals surface area contributed by atoms with E-state index in [2.05, 4.69) is 4.98 Å². The minimum Gasteiger partial charge on any atom is -0.438 e. The van der Waals surface area contributed by atoms with Crippen molar-refractivity contribution < 1.29 is 4.74 Å². The molecule has 1 aromatic heterocycles. The van der Waals surface area contributed by atoms with Gasteiger partial charge < -0.3 is 4.74 Å². The lowest BCUT2D eigenvalue weighted by Gasteiger charge is -2.02. The maximum absolute atomic E-state index is 5.58. The topological polar surface area (TPSA) is 22.1 Å². The Labute approximate surface area is 85.3 Å². The van der Waals surface area contributed by atoms with Crippen LogP contribution in [0, 0.1) is 0 Å². The predicted molar refractivity (Wildman–Crippen MR) is 56.0 cm³/mol. The number of aromatic nitrogens is 1. The lowest BCUT2D eigenvalue weighted by Crippen LogP contribution is -1.98. The molecular formula is C7H6ClNOS2. The van der Waals surface area contributed by atoms with E-state index in [0.717, 1.165) is 0 Å². The molecule has 0 saturated heterocycles. The van der Waals surface area contributed by atoms with Crippen molar-refractivity contribution in [2.45, 2.75) is 0 Å². The molecule has 0 atom stereocenters. The molecule has 0 N–H and O–H groups in total. The molecule has 0 aromatic carbocycles. The van der Waals surface area contributed by atoms with E-state index in [-0.39, 0.29) is 0 Å². The predicted octanol–water partition coefficient (Wildman–Crippen LogP) is 2.76. The Balaban J connectivity index is 2.64. The number of halogens is 1. The van der Waals surface area contributed by atoms with E-state index < -0.39 is 0 Å². The van der Waals surface area contributed by atoms with Crippen LogP contribution in [0.15, 0.2) is 18.3 Å². The van der Waals surface area contributed by atoms with Crippen molar-refractivity contribution in [2.24, 2.45) is 0 Å². The second kappa shape index (κ2) is 4.64. The number of thiocarbonyl (C=S) groups is 1. The number of hydrogen-bond acceptors (Lipinski definition) is 4. The zero-order valence-corrected chi connectivity index (χ0v) is 8.67. The summed E-state index contributed by atoms with van der Waals surface area (Å²) < 4.78 is 5.66. The van der Waals surface area contributed by atoms with Crippen molar-refractivity contribution in [3.05, 3.63) is 23.5 Å². The average Bonchev–Trinajstić information content (AvgIpc) is 2.09. The van der Waals surface area contributed by atoms with Gasteiger partial charge in [0.25, 0.3) is 0 Å². The molecule has 64 valence electrons. The molecule has 0 fully saturated rings. The maximum Gasteiger partial charge on any atom is 0.225 e. The lowest BCUT2D eigenvalue weighted by atomic mass is 10.5. The minimum absolute atomic E-state index is 0.442. The normalized spacial score (nSPS) is 9.50. The van der Waals surface area contributed by atoms with E-state index in [1.54, 1.807) is 12.1 Å². The van der Waals surface area contributed by atoms with Gasteiger partial charge in [0, 0.05) is 0 Å². The highest BCUT2D eigenvalue weighted by molar-refractivity contribution is 8.22. The van der Waals surface area contributed by atoms with Crippen molar-refractivity contribution in [1.29, 1.82) is 0 Å². The van der Waals surface area contributed by atoms with Crippen LogP contribution in [0.25, 0.3) is 0 Å². The first-order valence-electron chi connectivity index (χ1n) is 3.09. The monoisotopic (exact) mass is 219 g/mol. The molecule has 0 aliphatic heterocycles. The van der Waals surface area contributed by atoms with Gasteiger partial charge in [0.1, 0.15) is 10.9 Å². The molecule has 0 spiro atoms. The number of nitrogens with zero attached hydrogens (tertiary/aromatic N) is 1. The fourth-order valence-electron chi connectivity index (χ4n) is 0.561. The van der Waals surface area contributed by atoms with E-state index in [4.69, 9.17) is 28.6 Å². The maximum atomic E-state index is 5.58. The first kappa shape index (κ1) is 9.77. The van der Waals surface area contributed by atoms with Crippen LogP contribution >= 0.6 is 35.6 Å². The highest BCUT2D eigenvalue weighted by Gasteiger charge is 1.97. The van der Waals surface area contributed by atoms with Crippen LogP contribution in [-0.2, 0) is 0 Å². The summed E-state index contributed by atoms with van der Waals surface area (Å²) in [6, 6.07) is 3.37. The fraction of sp³-hybridized carbons (Fsp3) is 0.143. The van der Waals surface area contributed by atoms with Crippen LogP contribution in [0.1, 0.15) is 0 Å². The van der Waals surface area contributed by atoms with Crippen LogP contribution < -0.4 is 4.74 Å². The van der Waals surface area contributed by atoms with Gasteiger partial charge in [-0.15, -0.1) is 0 Å². The summed E-state index contributed by atoms with van der Waals surface area (Å²) in [4.78, 5) is 3.84. The van der Waals surface area contributed by atoms with E-state index in [1.165, 1.54) is 18.0 Å². The molecule has 0 aliphatic carbocycles. The van der Waals surface area contributed by atoms with Crippen molar-refractivity contribution in [3.8, 4) is 5.75 Å². The molecule has 0 radical (unpaired) electrons. The average molecular weight is 220 g/mol. The zero-order chi connectivity index (χ0) is 8.97. The van der Waals surface area contributed by atoms with Gasteiger partial charge in [-0.25, -0.2) is 4.98 Å². The Morgan fingerprint density at radius 1 is 1.67 bits per heavy atom. The Hall–Kier alpha value is -0.320. The summed E-state index contributed by atoms with van der Waals surface area (Å²) in [5.74, 6) is 0.610. The molecule has 0 aliphatic rings. The van der Waals surface area contributed by atoms with Crippen LogP contribution in [0.3, 0.4) is 0 Å². The van der Waals surface area contributed by atoms with Gasteiger partial charge in [-0.05, 0) is 30.6 Å². The highest BCUT2D eigenvalue weighted by atomic mass is 35.5. The summed E-state index contributed by atoms with van der Waals surface area (Å²) in [5, 5.41) is 0.442. The third-order valence-electron chi connectivity index (χ3n) is 1.07. The SMILES string of the molecule is CSC(=S)Oc1ccc(Cl)nc1. The van der Waals surface area contributed by atoms with E-state index in [0.29, 0.717) is 15.3 Å². The number of ether oxygens (including phenoxy) is 1. The summed E-state index contributed by atoms with van der Waals surface area (Å²) in [6.07, 6.45) is 3.39. The molecule has 1 rings (SSSR count). The number of thioether (sulfide) groups is 1. The smallest absolute Gasteiger partial charge is 0.225 e. The van der Waals surface area contributed by atoms with Crippen molar-refractivity contribution in [1.82, 2.24) is 4.98 Å². The minimum atomic E-state index is 0.442. The standard InChI is InChI=1S/C7H6ClNOS2/c1-12-7(11)10-5-2-3-6(8)9-4-5/h2-4H,1H3. The third kappa shape index (κ3) is 2.97. The van der Waals surface area contributed by atoms with Crippen molar-refractivity contribution >= 4 is 40.0 Å². The third-order valence-corrected chi connectivity index (χ3v) is 2.29. The lowest BCUT2D eigenvalue weighted by molar-refractivity contribution is 0.576. The van der Waals surface area contributed by atoms with Crippen molar-refractivity contribution in [2.75, 3.05) is 6.26 Å². The first-order chi connectivity index (χ1) is 5.72. The molecule has 0 bridgehead atoms. The van der Waals surface area contributed by atoms with Crippen LogP contribution in [0.4, 0.5) is 0 Å². The molecule has 12 heavy (non-hydrogen) atoms. The van der Waals surface area contributed by atoms with Gasteiger partial charge in [-0.3, -0.25) is 0 Å². The summed E-state index contributed by atoms with van der Waals surface area (Å²) in [6.45, 7) is 0. The molecular weight excluding hydrogens is 214 g/mol. The van der Waals surface area contributed by atoms with Gasteiger partial charge >= 0.3 is 0 Å². The number of rotatable bonds is 1. The quantitative estimate of drug-likeness (QED) is 0.535. The van der Waals surface area contributed by atoms with Crippen LogP contribution in [0.2, 0.25) is 5.15 Å². The molecule has 1 heterocycles. The number of hydrogen-bond donors (Lipinski definition) is 0. The van der Waals surface area contributed by atoms with E-state index in [1.807, 2.05) is 6.26 Å². The Morgan fingerprint density at radius 3 is 2.92 bits per heavy atom. The van der Waals surface area contributed by atoms with Gasteiger partial charge in [-0.1, -0.05) is 23.4 Å². The van der Waals surface area contributed by atoms with Crippen LogP contribution in [0.5, 0.6) is 5.75 Å². The molecule has 0 amide bonds. The summed E-state index contributed by atoms with van der Waals surface area (Å²) in [7, 11) is 0. The Bertz CT molecular complexity index is 275. The van der Waals surface area contributed by atoms with Gasteiger partial charge in [0.05, 0.1) is 6.20 Å². The molecule has 2 nitrogen and oxygen atoms in total. The van der Waals surface area contributed by atoms with Gasteiger partial charge in [-0.2, -0.15) is 0 Å². The molecule has 1 aromatic rings. The second-order valence-electron chi connectivity index (χ2n) is 1.87. The van der Waals surface area contributed by atoms with Gasteiger partial charge in [0.2, 0.25) is 4.38 Å². The summed E-state index contributed by atoms with van der Waals surface area (Å²) in [5.41, 5.74) is 0. The van der Waals surface area contributed by atoms with Gasteiger partial charge in [0.15, 0.2) is 0 Å². The Morgan fingerprint density at radius 2 is 2.42 bits per heavy atom. The zero-order valence-electron chi connectivity index (χ0n) is 6.28. The Kier molecular flexibility index (Phi) is 3.78. The molecule has 0 unspecified atom stereocenters. The highest BCUT2D eigenvalue weighted by Crippen LogP contribution is 2.14.